The molecule has 1 aliphatic rings. The van der Waals surface area contributed by atoms with Crippen LogP contribution in [0.1, 0.15) is 25.0 Å². The van der Waals surface area contributed by atoms with Gasteiger partial charge in [0.1, 0.15) is 5.76 Å². The Morgan fingerprint density at radius 3 is 2.94 bits per heavy atom. The van der Waals surface area contributed by atoms with E-state index in [1.807, 2.05) is 12.1 Å². The van der Waals surface area contributed by atoms with Gasteiger partial charge in [0.2, 0.25) is 5.91 Å². The van der Waals surface area contributed by atoms with Gasteiger partial charge in [0.25, 0.3) is 0 Å². The molecule has 2 N–H and O–H groups in total. The highest BCUT2D eigenvalue weighted by Crippen LogP contribution is 2.18. The van der Waals surface area contributed by atoms with Gasteiger partial charge in [0.05, 0.1) is 6.54 Å². The van der Waals surface area contributed by atoms with E-state index in [0.717, 1.165) is 22.4 Å². The van der Waals surface area contributed by atoms with E-state index in [0.29, 0.717) is 25.6 Å². The van der Waals surface area contributed by atoms with Crippen LogP contribution >= 0.6 is 22.6 Å². The average molecular weight is 334 g/mol. The SMILES string of the molecule is O=C(CCNCc1ccc(I)o1)NC1CC1. The average Bonchev–Trinajstić information content (AvgIpc) is 2.95. The van der Waals surface area contributed by atoms with Crippen LogP contribution in [-0.2, 0) is 11.3 Å². The molecule has 1 amide bonds. The van der Waals surface area contributed by atoms with E-state index in [1.165, 1.54) is 0 Å². The van der Waals surface area contributed by atoms with Crippen LogP contribution in [0.2, 0.25) is 0 Å². The summed E-state index contributed by atoms with van der Waals surface area (Å²) < 4.78 is 6.28. The number of carbonyl (C=O) groups is 1. The van der Waals surface area contributed by atoms with Crippen molar-refractivity contribution >= 4 is 28.5 Å². The molecule has 0 spiro atoms. The second kappa shape index (κ2) is 5.67. The molecule has 0 radical (unpaired) electrons. The van der Waals surface area contributed by atoms with Crippen molar-refractivity contribution in [2.75, 3.05) is 6.54 Å². The van der Waals surface area contributed by atoms with Crippen molar-refractivity contribution in [2.45, 2.75) is 31.8 Å². The summed E-state index contributed by atoms with van der Waals surface area (Å²) in [5.41, 5.74) is 0. The minimum atomic E-state index is 0.143. The maximum absolute atomic E-state index is 11.3. The Morgan fingerprint density at radius 2 is 2.31 bits per heavy atom. The number of furan rings is 1. The number of rotatable bonds is 6. The largest absolute Gasteiger partial charge is 0.454 e. The molecule has 1 saturated carbocycles. The van der Waals surface area contributed by atoms with Crippen molar-refractivity contribution in [2.24, 2.45) is 0 Å². The van der Waals surface area contributed by atoms with Gasteiger partial charge in [-0.15, -0.1) is 0 Å². The van der Waals surface area contributed by atoms with E-state index in [9.17, 15) is 4.79 Å². The lowest BCUT2D eigenvalue weighted by Crippen LogP contribution is -2.28. The molecule has 1 aliphatic carbocycles. The fourth-order valence-electron chi connectivity index (χ4n) is 1.39. The third-order valence-corrected chi connectivity index (χ3v) is 2.98. The standard InChI is InChI=1S/C11H15IN2O2/c12-10-4-3-9(16-10)7-13-6-5-11(15)14-8-1-2-8/h3-4,8,13H,1-2,5-7H2,(H,14,15). The van der Waals surface area contributed by atoms with Crippen LogP contribution in [0, 0.1) is 3.77 Å². The summed E-state index contributed by atoms with van der Waals surface area (Å²) in [7, 11) is 0. The predicted molar refractivity (Wildman–Crippen MR) is 68.9 cm³/mol. The molecule has 4 nitrogen and oxygen atoms in total. The van der Waals surface area contributed by atoms with E-state index in [4.69, 9.17) is 4.42 Å². The van der Waals surface area contributed by atoms with Gasteiger partial charge in [-0.2, -0.15) is 0 Å². The lowest BCUT2D eigenvalue weighted by atomic mass is 10.3. The molecule has 1 heterocycles. The minimum Gasteiger partial charge on any atom is -0.454 e. The molecule has 0 atom stereocenters. The van der Waals surface area contributed by atoms with Crippen molar-refractivity contribution in [1.29, 1.82) is 0 Å². The third-order valence-electron chi connectivity index (χ3n) is 2.40. The third kappa shape index (κ3) is 4.13. The summed E-state index contributed by atoms with van der Waals surface area (Å²) in [6.45, 7) is 1.37. The second-order valence-electron chi connectivity index (χ2n) is 3.97. The van der Waals surface area contributed by atoms with Crippen LogP contribution in [0.3, 0.4) is 0 Å². The molecule has 0 saturated heterocycles. The van der Waals surface area contributed by atoms with Gasteiger partial charge in [-0.05, 0) is 47.6 Å². The fourth-order valence-corrected chi connectivity index (χ4v) is 1.85. The van der Waals surface area contributed by atoms with E-state index < -0.39 is 0 Å². The van der Waals surface area contributed by atoms with Gasteiger partial charge in [0.15, 0.2) is 3.77 Å². The quantitative estimate of drug-likeness (QED) is 0.614. The van der Waals surface area contributed by atoms with Gasteiger partial charge < -0.3 is 15.1 Å². The second-order valence-corrected chi connectivity index (χ2v) is 5.04. The molecule has 2 rings (SSSR count). The van der Waals surface area contributed by atoms with Crippen LogP contribution in [0.4, 0.5) is 0 Å². The molecular weight excluding hydrogens is 319 g/mol. The summed E-state index contributed by atoms with van der Waals surface area (Å²) >= 11 is 2.13. The lowest BCUT2D eigenvalue weighted by molar-refractivity contribution is -0.121. The minimum absolute atomic E-state index is 0.143. The summed E-state index contributed by atoms with van der Waals surface area (Å²) in [5, 5.41) is 6.13. The van der Waals surface area contributed by atoms with Gasteiger partial charge in [-0.25, -0.2) is 0 Å². The molecule has 1 aromatic rings. The van der Waals surface area contributed by atoms with Gasteiger partial charge in [-0.1, -0.05) is 0 Å². The van der Waals surface area contributed by atoms with Crippen LogP contribution in [0.15, 0.2) is 16.5 Å². The van der Waals surface area contributed by atoms with Crippen molar-refractivity contribution in [3.05, 3.63) is 21.7 Å². The first-order valence-corrected chi connectivity index (χ1v) is 6.56. The number of halogens is 1. The Hall–Kier alpha value is -0.560. The highest BCUT2D eigenvalue weighted by molar-refractivity contribution is 14.1. The summed E-state index contributed by atoms with van der Waals surface area (Å²) in [4.78, 5) is 11.3. The number of carbonyl (C=O) groups excluding carboxylic acids is 1. The number of nitrogens with one attached hydrogen (secondary N) is 2. The normalized spacial score (nSPS) is 15.1. The number of hydrogen-bond donors (Lipinski definition) is 2. The Kier molecular flexibility index (Phi) is 4.22. The Labute approximate surface area is 108 Å². The van der Waals surface area contributed by atoms with Crippen molar-refractivity contribution in [3.63, 3.8) is 0 Å². The molecule has 16 heavy (non-hydrogen) atoms. The molecule has 0 unspecified atom stereocenters. The zero-order valence-electron chi connectivity index (χ0n) is 8.96. The monoisotopic (exact) mass is 334 g/mol. The summed E-state index contributed by atoms with van der Waals surface area (Å²) in [5.74, 6) is 1.05. The predicted octanol–water partition coefficient (Wildman–Crippen LogP) is 1.64. The van der Waals surface area contributed by atoms with Crippen molar-refractivity contribution in [1.82, 2.24) is 10.6 Å². The van der Waals surface area contributed by atoms with E-state index in [-0.39, 0.29) is 5.91 Å². The van der Waals surface area contributed by atoms with E-state index in [2.05, 4.69) is 33.2 Å². The van der Waals surface area contributed by atoms with Crippen molar-refractivity contribution < 1.29 is 9.21 Å². The van der Waals surface area contributed by atoms with Crippen LogP contribution in [-0.4, -0.2) is 18.5 Å². The topological polar surface area (TPSA) is 54.3 Å². The zero-order chi connectivity index (χ0) is 11.4. The molecule has 5 heteroatoms. The Bertz CT molecular complexity index is 361. The molecule has 1 fully saturated rings. The molecular formula is C11H15IN2O2. The number of hydrogen-bond acceptors (Lipinski definition) is 3. The van der Waals surface area contributed by atoms with Crippen LogP contribution in [0.5, 0.6) is 0 Å². The molecule has 1 aromatic heterocycles. The highest BCUT2D eigenvalue weighted by atomic mass is 127. The Balaban J connectivity index is 1.55. The highest BCUT2D eigenvalue weighted by Gasteiger charge is 2.22. The smallest absolute Gasteiger partial charge is 0.221 e. The van der Waals surface area contributed by atoms with E-state index in [1.54, 1.807) is 0 Å². The van der Waals surface area contributed by atoms with Crippen LogP contribution in [0.25, 0.3) is 0 Å². The first-order valence-electron chi connectivity index (χ1n) is 5.48. The van der Waals surface area contributed by atoms with Crippen LogP contribution < -0.4 is 10.6 Å². The Morgan fingerprint density at radius 1 is 1.50 bits per heavy atom. The molecule has 0 aliphatic heterocycles. The zero-order valence-corrected chi connectivity index (χ0v) is 11.1. The maximum atomic E-state index is 11.3. The number of amides is 1. The van der Waals surface area contributed by atoms with E-state index >= 15 is 0 Å². The van der Waals surface area contributed by atoms with Gasteiger partial charge >= 0.3 is 0 Å². The first-order chi connectivity index (χ1) is 7.74. The van der Waals surface area contributed by atoms with Gasteiger partial charge in [-0.3, -0.25) is 4.79 Å². The first kappa shape index (κ1) is 11.9. The summed E-state index contributed by atoms with van der Waals surface area (Å²) in [6, 6.07) is 4.33. The molecule has 0 aromatic carbocycles. The molecule has 88 valence electrons. The lowest BCUT2D eigenvalue weighted by Gasteiger charge is -2.03. The van der Waals surface area contributed by atoms with Gasteiger partial charge in [0, 0.05) is 19.0 Å². The summed E-state index contributed by atoms with van der Waals surface area (Å²) in [6.07, 6.45) is 2.82. The maximum Gasteiger partial charge on any atom is 0.221 e. The fraction of sp³-hybridized carbons (Fsp3) is 0.545. The van der Waals surface area contributed by atoms with Crippen molar-refractivity contribution in [3.8, 4) is 0 Å². The molecule has 0 bridgehead atoms.